The summed E-state index contributed by atoms with van der Waals surface area (Å²) in [6.07, 6.45) is 0. The van der Waals surface area contributed by atoms with Crippen LogP contribution in [0.15, 0.2) is 35.3 Å². The highest BCUT2D eigenvalue weighted by atomic mass is 127. The third-order valence-corrected chi connectivity index (χ3v) is 2.37. The number of nitrogens with zero attached hydrogens (tertiary/aromatic N) is 1. The number of hydrogen-bond acceptors (Lipinski definition) is 2. The first kappa shape index (κ1) is 17.2. The maximum atomic E-state index is 8.77. The van der Waals surface area contributed by atoms with Gasteiger partial charge in [-0.25, -0.2) is 0 Å². The second-order valence-electron chi connectivity index (χ2n) is 3.76. The largest absolute Gasteiger partial charge is 0.394 e. The summed E-state index contributed by atoms with van der Waals surface area (Å²) in [5.41, 5.74) is 1.21. The SMILES string of the molecule is CCNC(=NCCO)NC(C)c1ccccc1.I. The summed E-state index contributed by atoms with van der Waals surface area (Å²) in [5.74, 6) is 0.734. The third kappa shape index (κ3) is 6.20. The molecular formula is C13H22IN3O. The molecule has 0 amide bonds. The summed E-state index contributed by atoms with van der Waals surface area (Å²) in [5, 5.41) is 15.2. The average Bonchev–Trinajstić information content (AvgIpc) is 2.37. The van der Waals surface area contributed by atoms with Crippen LogP contribution in [0, 0.1) is 0 Å². The van der Waals surface area contributed by atoms with Crippen molar-refractivity contribution in [2.45, 2.75) is 19.9 Å². The first-order valence-electron chi connectivity index (χ1n) is 5.98. The van der Waals surface area contributed by atoms with Gasteiger partial charge in [0.05, 0.1) is 19.2 Å². The zero-order chi connectivity index (χ0) is 12.5. The lowest BCUT2D eigenvalue weighted by molar-refractivity contribution is 0.306. The number of aliphatic imine (C=N–C) groups is 1. The van der Waals surface area contributed by atoms with Crippen LogP contribution in [0.5, 0.6) is 0 Å². The van der Waals surface area contributed by atoms with Crippen LogP contribution < -0.4 is 10.6 Å². The summed E-state index contributed by atoms with van der Waals surface area (Å²) in [6.45, 7) is 5.39. The highest BCUT2D eigenvalue weighted by molar-refractivity contribution is 14.0. The van der Waals surface area contributed by atoms with E-state index in [4.69, 9.17) is 5.11 Å². The van der Waals surface area contributed by atoms with E-state index in [1.165, 1.54) is 5.56 Å². The molecule has 1 unspecified atom stereocenters. The number of hydrogen-bond donors (Lipinski definition) is 3. The number of aliphatic hydroxyl groups excluding tert-OH is 1. The first-order chi connectivity index (χ1) is 8.27. The summed E-state index contributed by atoms with van der Waals surface area (Å²) < 4.78 is 0. The van der Waals surface area contributed by atoms with Crippen molar-refractivity contribution in [1.82, 2.24) is 10.6 Å². The molecule has 0 saturated heterocycles. The van der Waals surface area contributed by atoms with Crippen LogP contribution in [0.25, 0.3) is 0 Å². The molecule has 0 aliphatic rings. The molecule has 0 saturated carbocycles. The number of benzene rings is 1. The van der Waals surface area contributed by atoms with Crippen LogP contribution in [0.3, 0.4) is 0 Å². The fourth-order valence-electron chi connectivity index (χ4n) is 1.51. The van der Waals surface area contributed by atoms with Crippen molar-refractivity contribution in [3.63, 3.8) is 0 Å². The molecule has 0 aromatic heterocycles. The van der Waals surface area contributed by atoms with Crippen molar-refractivity contribution >= 4 is 29.9 Å². The van der Waals surface area contributed by atoms with Gasteiger partial charge in [-0.2, -0.15) is 0 Å². The van der Waals surface area contributed by atoms with Crippen LogP contribution in [0.4, 0.5) is 0 Å². The van der Waals surface area contributed by atoms with Gasteiger partial charge in [0.2, 0.25) is 0 Å². The molecule has 1 rings (SSSR count). The van der Waals surface area contributed by atoms with Gasteiger partial charge in [0.25, 0.3) is 0 Å². The minimum absolute atomic E-state index is 0. The summed E-state index contributed by atoms with van der Waals surface area (Å²) >= 11 is 0. The Labute approximate surface area is 126 Å². The standard InChI is InChI=1S/C13H21N3O.HI/c1-3-14-13(15-9-10-17)16-11(2)12-7-5-4-6-8-12;/h4-8,11,17H,3,9-10H2,1-2H3,(H2,14,15,16);1H. The zero-order valence-electron chi connectivity index (χ0n) is 10.9. The molecule has 18 heavy (non-hydrogen) atoms. The molecule has 102 valence electrons. The first-order valence-corrected chi connectivity index (χ1v) is 5.98. The second-order valence-corrected chi connectivity index (χ2v) is 3.76. The fourth-order valence-corrected chi connectivity index (χ4v) is 1.51. The van der Waals surface area contributed by atoms with Gasteiger partial charge in [0.15, 0.2) is 5.96 Å². The van der Waals surface area contributed by atoms with Gasteiger partial charge in [0.1, 0.15) is 0 Å². The van der Waals surface area contributed by atoms with Crippen LogP contribution in [0.2, 0.25) is 0 Å². The Morgan fingerprint density at radius 3 is 2.56 bits per heavy atom. The minimum atomic E-state index is 0. The van der Waals surface area contributed by atoms with E-state index in [0.29, 0.717) is 6.54 Å². The number of nitrogens with one attached hydrogen (secondary N) is 2. The molecule has 5 heteroatoms. The van der Waals surface area contributed by atoms with Crippen LogP contribution in [0.1, 0.15) is 25.5 Å². The normalized spacial score (nSPS) is 12.5. The molecular weight excluding hydrogens is 341 g/mol. The maximum Gasteiger partial charge on any atom is 0.191 e. The quantitative estimate of drug-likeness (QED) is 0.426. The lowest BCUT2D eigenvalue weighted by atomic mass is 10.1. The smallest absolute Gasteiger partial charge is 0.191 e. The summed E-state index contributed by atoms with van der Waals surface area (Å²) in [4.78, 5) is 4.24. The Hall–Kier alpha value is -0.820. The Balaban J connectivity index is 0.00000289. The lowest BCUT2D eigenvalue weighted by Crippen LogP contribution is -2.38. The number of aliphatic hydroxyl groups is 1. The number of halogens is 1. The number of rotatable bonds is 5. The van der Waals surface area contributed by atoms with E-state index >= 15 is 0 Å². The minimum Gasteiger partial charge on any atom is -0.394 e. The Kier molecular flexibility index (Phi) is 9.67. The molecule has 0 fully saturated rings. The Morgan fingerprint density at radius 2 is 2.00 bits per heavy atom. The molecule has 1 aromatic rings. The van der Waals surface area contributed by atoms with Gasteiger partial charge < -0.3 is 15.7 Å². The molecule has 0 bridgehead atoms. The van der Waals surface area contributed by atoms with E-state index in [9.17, 15) is 0 Å². The van der Waals surface area contributed by atoms with Gasteiger partial charge in [-0.1, -0.05) is 30.3 Å². The van der Waals surface area contributed by atoms with Crippen LogP contribution >= 0.6 is 24.0 Å². The fraction of sp³-hybridized carbons (Fsp3) is 0.462. The van der Waals surface area contributed by atoms with Crippen molar-refractivity contribution < 1.29 is 5.11 Å². The highest BCUT2D eigenvalue weighted by Gasteiger charge is 2.06. The third-order valence-electron chi connectivity index (χ3n) is 2.37. The lowest BCUT2D eigenvalue weighted by Gasteiger charge is -2.18. The topological polar surface area (TPSA) is 56.7 Å². The molecule has 1 atom stereocenters. The summed E-state index contributed by atoms with van der Waals surface area (Å²) in [7, 11) is 0. The molecule has 0 heterocycles. The highest BCUT2D eigenvalue weighted by Crippen LogP contribution is 2.10. The van der Waals surface area contributed by atoms with E-state index in [1.807, 2.05) is 25.1 Å². The van der Waals surface area contributed by atoms with E-state index < -0.39 is 0 Å². The van der Waals surface area contributed by atoms with Crippen molar-refractivity contribution in [3.05, 3.63) is 35.9 Å². The van der Waals surface area contributed by atoms with Crippen LogP contribution in [-0.4, -0.2) is 30.8 Å². The zero-order valence-corrected chi connectivity index (χ0v) is 13.2. The molecule has 0 spiro atoms. The molecule has 0 aliphatic carbocycles. The van der Waals surface area contributed by atoms with Crippen molar-refractivity contribution in [3.8, 4) is 0 Å². The Bertz CT molecular complexity index is 343. The molecule has 1 aromatic carbocycles. The monoisotopic (exact) mass is 363 g/mol. The van der Waals surface area contributed by atoms with E-state index in [1.54, 1.807) is 0 Å². The van der Waals surface area contributed by atoms with E-state index in [2.05, 4.69) is 34.7 Å². The molecule has 3 N–H and O–H groups in total. The van der Waals surface area contributed by atoms with Gasteiger partial charge in [0, 0.05) is 6.54 Å². The van der Waals surface area contributed by atoms with E-state index in [0.717, 1.165) is 12.5 Å². The van der Waals surface area contributed by atoms with Crippen molar-refractivity contribution in [2.24, 2.45) is 4.99 Å². The van der Waals surface area contributed by atoms with Gasteiger partial charge in [-0.15, -0.1) is 24.0 Å². The van der Waals surface area contributed by atoms with Gasteiger partial charge in [-0.3, -0.25) is 4.99 Å². The van der Waals surface area contributed by atoms with Gasteiger partial charge >= 0.3 is 0 Å². The van der Waals surface area contributed by atoms with Crippen molar-refractivity contribution in [1.29, 1.82) is 0 Å². The van der Waals surface area contributed by atoms with Crippen molar-refractivity contribution in [2.75, 3.05) is 19.7 Å². The van der Waals surface area contributed by atoms with E-state index in [-0.39, 0.29) is 36.6 Å². The van der Waals surface area contributed by atoms with Crippen LogP contribution in [-0.2, 0) is 0 Å². The number of guanidine groups is 1. The maximum absolute atomic E-state index is 8.77. The second kappa shape index (κ2) is 10.1. The average molecular weight is 363 g/mol. The Morgan fingerprint density at radius 1 is 1.33 bits per heavy atom. The molecule has 4 nitrogen and oxygen atoms in total. The molecule has 0 aliphatic heterocycles. The predicted octanol–water partition coefficient (Wildman–Crippen LogP) is 1.91. The van der Waals surface area contributed by atoms with Gasteiger partial charge in [-0.05, 0) is 19.4 Å². The predicted molar refractivity (Wildman–Crippen MR) is 86.5 cm³/mol. The summed E-state index contributed by atoms with van der Waals surface area (Å²) in [6, 6.07) is 10.4. The molecule has 0 radical (unpaired) electrons.